The molecule has 0 aliphatic carbocycles. The van der Waals surface area contributed by atoms with Gasteiger partial charge in [-0.3, -0.25) is 15.0 Å². The molecule has 2 heterocycles. The molecule has 0 amide bonds. The molecule has 0 unspecified atom stereocenters. The van der Waals surface area contributed by atoms with E-state index in [1.165, 1.54) is 12.1 Å². The van der Waals surface area contributed by atoms with Crippen molar-refractivity contribution in [2.24, 2.45) is 5.92 Å². The summed E-state index contributed by atoms with van der Waals surface area (Å²) in [7, 11) is 2.03. The Morgan fingerprint density at radius 1 is 1.38 bits per heavy atom. The minimum atomic E-state index is -0.438. The van der Waals surface area contributed by atoms with Gasteiger partial charge in [-0.15, -0.1) is 10.2 Å². The van der Waals surface area contributed by atoms with Crippen LogP contribution in [0.15, 0.2) is 28.7 Å². The van der Waals surface area contributed by atoms with E-state index >= 15 is 0 Å². The second-order valence-corrected chi connectivity index (χ2v) is 6.09. The Bertz CT molecular complexity index is 694. The fourth-order valence-electron chi connectivity index (χ4n) is 2.73. The second-order valence-electron chi connectivity index (χ2n) is 6.09. The first-order chi connectivity index (χ1) is 11.5. The van der Waals surface area contributed by atoms with E-state index in [0.717, 1.165) is 26.2 Å². The molecule has 128 valence electrons. The van der Waals surface area contributed by atoms with Crippen LogP contribution in [0.4, 0.5) is 5.69 Å². The van der Waals surface area contributed by atoms with Gasteiger partial charge in [0.1, 0.15) is 0 Å². The molecule has 1 fully saturated rings. The van der Waals surface area contributed by atoms with E-state index in [2.05, 4.69) is 15.1 Å². The highest BCUT2D eigenvalue weighted by molar-refractivity contribution is 5.55. The number of aromatic nitrogens is 2. The van der Waals surface area contributed by atoms with Crippen molar-refractivity contribution in [3.63, 3.8) is 0 Å². The maximum Gasteiger partial charge on any atom is 0.269 e. The van der Waals surface area contributed by atoms with Crippen molar-refractivity contribution in [2.75, 3.05) is 26.8 Å². The lowest BCUT2D eigenvalue weighted by Gasteiger charge is -2.24. The van der Waals surface area contributed by atoms with Gasteiger partial charge >= 0.3 is 0 Å². The number of hydrogen-bond acceptors (Lipinski definition) is 7. The van der Waals surface area contributed by atoms with Crippen LogP contribution < -0.4 is 0 Å². The molecule has 0 radical (unpaired) electrons. The van der Waals surface area contributed by atoms with E-state index in [4.69, 9.17) is 9.15 Å². The van der Waals surface area contributed by atoms with Gasteiger partial charge in [-0.25, -0.2) is 0 Å². The van der Waals surface area contributed by atoms with Crippen LogP contribution in [0.1, 0.15) is 25.3 Å². The van der Waals surface area contributed by atoms with Crippen molar-refractivity contribution >= 4 is 5.69 Å². The maximum absolute atomic E-state index is 10.7. The summed E-state index contributed by atoms with van der Waals surface area (Å²) in [5.74, 6) is 1.43. The number of nitro benzene ring substituents is 1. The molecule has 0 N–H and O–H groups in total. The van der Waals surface area contributed by atoms with E-state index in [0.29, 0.717) is 23.3 Å². The predicted molar refractivity (Wildman–Crippen MR) is 86.4 cm³/mol. The van der Waals surface area contributed by atoms with Crippen molar-refractivity contribution in [1.82, 2.24) is 15.1 Å². The Labute approximate surface area is 139 Å². The summed E-state index contributed by atoms with van der Waals surface area (Å²) in [5, 5.41) is 18.9. The SMILES string of the molecule is C[C@@H](c1nnc(-c2ccc([N+](=O)[O-])cc2)o1)N(C)C[C@H]1CCOC1. The highest BCUT2D eigenvalue weighted by atomic mass is 16.6. The largest absolute Gasteiger partial charge is 0.419 e. The first-order valence-corrected chi connectivity index (χ1v) is 7.91. The molecule has 1 aromatic carbocycles. The molecule has 8 nitrogen and oxygen atoms in total. The Kier molecular flexibility index (Phi) is 4.86. The Morgan fingerprint density at radius 3 is 2.75 bits per heavy atom. The lowest BCUT2D eigenvalue weighted by atomic mass is 10.1. The monoisotopic (exact) mass is 332 g/mol. The zero-order valence-electron chi connectivity index (χ0n) is 13.7. The highest BCUT2D eigenvalue weighted by Crippen LogP contribution is 2.26. The number of rotatable bonds is 6. The molecule has 2 aromatic rings. The normalized spacial score (nSPS) is 18.9. The van der Waals surface area contributed by atoms with Crippen LogP contribution in [0.25, 0.3) is 11.5 Å². The molecule has 1 aliphatic heterocycles. The van der Waals surface area contributed by atoms with Crippen molar-refractivity contribution in [3.8, 4) is 11.5 Å². The van der Waals surface area contributed by atoms with Crippen molar-refractivity contribution in [3.05, 3.63) is 40.3 Å². The number of non-ortho nitro benzene ring substituents is 1. The lowest BCUT2D eigenvalue weighted by Crippen LogP contribution is -2.29. The van der Waals surface area contributed by atoms with E-state index in [1.54, 1.807) is 12.1 Å². The second kappa shape index (κ2) is 7.06. The Morgan fingerprint density at radius 2 is 2.12 bits per heavy atom. The number of ether oxygens (including phenoxy) is 1. The summed E-state index contributed by atoms with van der Waals surface area (Å²) >= 11 is 0. The highest BCUT2D eigenvalue weighted by Gasteiger charge is 2.24. The first kappa shape index (κ1) is 16.5. The van der Waals surface area contributed by atoms with E-state index in [9.17, 15) is 10.1 Å². The first-order valence-electron chi connectivity index (χ1n) is 7.91. The van der Waals surface area contributed by atoms with Crippen LogP contribution in [0, 0.1) is 16.0 Å². The van der Waals surface area contributed by atoms with Gasteiger partial charge in [0.25, 0.3) is 5.69 Å². The van der Waals surface area contributed by atoms with Crippen LogP contribution in [-0.2, 0) is 4.74 Å². The van der Waals surface area contributed by atoms with E-state index in [1.807, 2.05) is 14.0 Å². The molecule has 1 saturated heterocycles. The third kappa shape index (κ3) is 3.60. The standard InChI is InChI=1S/C16H20N4O4/c1-11(19(2)9-12-7-8-23-10-12)15-17-18-16(24-15)13-3-5-14(6-4-13)20(21)22/h3-6,11-12H,7-10H2,1-2H3/t11-,12+/m0/s1. The summed E-state index contributed by atoms with van der Waals surface area (Å²) in [6.07, 6.45) is 1.08. The molecule has 0 spiro atoms. The minimum absolute atomic E-state index is 0.00935. The smallest absolute Gasteiger partial charge is 0.269 e. The molecule has 8 heteroatoms. The zero-order chi connectivity index (χ0) is 17.1. The molecule has 1 aliphatic rings. The summed E-state index contributed by atoms with van der Waals surface area (Å²) in [6, 6.07) is 6.06. The van der Waals surface area contributed by atoms with Gasteiger partial charge in [-0.1, -0.05) is 0 Å². The molecule has 2 atom stereocenters. The molecule has 24 heavy (non-hydrogen) atoms. The Balaban J connectivity index is 1.68. The fraction of sp³-hybridized carbons (Fsp3) is 0.500. The number of benzene rings is 1. The van der Waals surface area contributed by atoms with Gasteiger partial charge in [0, 0.05) is 30.8 Å². The van der Waals surface area contributed by atoms with Crippen molar-refractivity contribution in [2.45, 2.75) is 19.4 Å². The van der Waals surface area contributed by atoms with Crippen LogP contribution in [-0.4, -0.2) is 46.8 Å². The van der Waals surface area contributed by atoms with Gasteiger partial charge in [0.2, 0.25) is 11.8 Å². The predicted octanol–water partition coefficient (Wildman–Crippen LogP) is 2.67. The fourth-order valence-corrected chi connectivity index (χ4v) is 2.73. The van der Waals surface area contributed by atoms with Gasteiger partial charge < -0.3 is 9.15 Å². The summed E-state index contributed by atoms with van der Waals surface area (Å²) in [4.78, 5) is 12.4. The summed E-state index contributed by atoms with van der Waals surface area (Å²) < 4.78 is 11.2. The van der Waals surface area contributed by atoms with Crippen molar-refractivity contribution < 1.29 is 14.1 Å². The van der Waals surface area contributed by atoms with Crippen LogP contribution in [0.3, 0.4) is 0 Å². The number of hydrogen-bond donors (Lipinski definition) is 0. The third-order valence-corrected chi connectivity index (χ3v) is 4.35. The van der Waals surface area contributed by atoms with Gasteiger partial charge in [-0.05, 0) is 38.4 Å². The van der Waals surface area contributed by atoms with Crippen LogP contribution in [0.2, 0.25) is 0 Å². The van der Waals surface area contributed by atoms with Crippen LogP contribution in [0.5, 0.6) is 0 Å². The van der Waals surface area contributed by atoms with Crippen LogP contribution >= 0.6 is 0 Å². The lowest BCUT2D eigenvalue weighted by molar-refractivity contribution is -0.384. The van der Waals surface area contributed by atoms with Crippen molar-refractivity contribution in [1.29, 1.82) is 0 Å². The van der Waals surface area contributed by atoms with Gasteiger partial charge in [-0.2, -0.15) is 0 Å². The average molecular weight is 332 g/mol. The molecule has 1 aromatic heterocycles. The van der Waals surface area contributed by atoms with E-state index < -0.39 is 4.92 Å². The van der Waals surface area contributed by atoms with E-state index in [-0.39, 0.29) is 11.7 Å². The minimum Gasteiger partial charge on any atom is -0.419 e. The Hall–Kier alpha value is -2.32. The third-order valence-electron chi connectivity index (χ3n) is 4.35. The molecule has 0 bridgehead atoms. The van der Waals surface area contributed by atoms with Gasteiger partial charge in [0.05, 0.1) is 17.6 Å². The molecule has 3 rings (SSSR count). The summed E-state index contributed by atoms with van der Waals surface area (Å²) in [6.45, 7) is 4.56. The molecular weight excluding hydrogens is 312 g/mol. The topological polar surface area (TPSA) is 94.5 Å². The zero-order valence-corrected chi connectivity index (χ0v) is 13.7. The molecular formula is C16H20N4O4. The molecule has 0 saturated carbocycles. The number of nitrogens with zero attached hydrogens (tertiary/aromatic N) is 4. The quantitative estimate of drug-likeness (QED) is 0.593. The maximum atomic E-state index is 10.7. The average Bonchev–Trinajstić information content (AvgIpc) is 3.26. The summed E-state index contributed by atoms with van der Waals surface area (Å²) in [5.41, 5.74) is 0.698. The van der Waals surface area contributed by atoms with Gasteiger partial charge in [0.15, 0.2) is 0 Å². The number of nitro groups is 1.